The molecule has 7 heteroatoms. The van der Waals surface area contributed by atoms with Crippen LogP contribution in [-0.4, -0.2) is 46.9 Å². The largest absolute Gasteiger partial charge is 0.355 e. The number of nitrogens with one attached hydrogen (secondary N) is 2. The van der Waals surface area contributed by atoms with Gasteiger partial charge in [0, 0.05) is 6.54 Å². The van der Waals surface area contributed by atoms with Crippen LogP contribution < -0.4 is 15.8 Å². The maximum absolute atomic E-state index is 13.0. The van der Waals surface area contributed by atoms with E-state index in [1.807, 2.05) is 38.1 Å². The molecule has 1 heterocycles. The number of fused-ring (bicyclic) bond motifs is 1. The van der Waals surface area contributed by atoms with Gasteiger partial charge >= 0.3 is 0 Å². The van der Waals surface area contributed by atoms with Crippen molar-refractivity contribution < 1.29 is 9.69 Å². The maximum Gasteiger partial charge on any atom is 0.262 e. The van der Waals surface area contributed by atoms with E-state index in [-0.39, 0.29) is 16.7 Å². The minimum absolute atomic E-state index is 0.0345. The average molecular weight is 378 g/mol. The fourth-order valence-corrected chi connectivity index (χ4v) is 3.80. The molecule has 0 spiro atoms. The van der Waals surface area contributed by atoms with Crippen LogP contribution in [0.15, 0.2) is 34.2 Å². The fraction of sp³-hybridized carbons (Fsp3) is 0.526. The number of quaternary nitrogens is 1. The number of carbonyl (C=O) groups is 1. The molecule has 0 aliphatic carbocycles. The number of aromatic nitrogens is 2. The summed E-state index contributed by atoms with van der Waals surface area (Å²) in [6.45, 7) is 12.1. The number of likely N-dealkylation sites (N-methyl/N-ethyl adjacent to an activating group) is 1. The molecule has 26 heavy (non-hydrogen) atoms. The van der Waals surface area contributed by atoms with Crippen molar-refractivity contribution in [2.24, 2.45) is 0 Å². The molecular weight excluding hydrogens is 348 g/mol. The van der Waals surface area contributed by atoms with Crippen molar-refractivity contribution in [1.29, 1.82) is 0 Å². The second kappa shape index (κ2) is 9.73. The normalized spacial score (nSPS) is 12.5. The third-order valence-corrected chi connectivity index (χ3v) is 5.61. The van der Waals surface area contributed by atoms with E-state index in [9.17, 15) is 9.59 Å². The van der Waals surface area contributed by atoms with Gasteiger partial charge in [0.1, 0.15) is 0 Å². The highest BCUT2D eigenvalue weighted by Gasteiger charge is 2.19. The van der Waals surface area contributed by atoms with Crippen LogP contribution in [0.3, 0.4) is 0 Å². The number of para-hydroxylation sites is 1. The fourth-order valence-electron chi connectivity index (χ4n) is 2.84. The highest BCUT2D eigenvalue weighted by Crippen LogP contribution is 2.22. The van der Waals surface area contributed by atoms with Crippen LogP contribution >= 0.6 is 11.8 Å². The number of thioether (sulfide) groups is 1. The summed E-state index contributed by atoms with van der Waals surface area (Å²) in [6.07, 6.45) is 0. The predicted molar refractivity (Wildman–Crippen MR) is 107 cm³/mol. The molecule has 1 aromatic heterocycles. The standard InChI is InChI=1S/C19H28N4O2S/c1-5-20-17(24)14(4)26-19-21-16-11-9-8-10-15(16)18(25)23(19)13-12-22(6-2)7-3/h8-11,14H,5-7,12-13H2,1-4H3,(H,20,24)/p+1/t14-/m1/s1. The number of hydrogen-bond donors (Lipinski definition) is 2. The second-order valence-corrected chi connectivity index (χ2v) is 7.54. The topological polar surface area (TPSA) is 68.4 Å². The Morgan fingerprint density at radius 2 is 1.96 bits per heavy atom. The van der Waals surface area contributed by atoms with Crippen LogP contribution in [0.4, 0.5) is 0 Å². The molecule has 0 unspecified atom stereocenters. The summed E-state index contributed by atoms with van der Waals surface area (Å²) in [7, 11) is 0. The lowest BCUT2D eigenvalue weighted by Crippen LogP contribution is -3.11. The van der Waals surface area contributed by atoms with E-state index >= 15 is 0 Å². The van der Waals surface area contributed by atoms with Crippen molar-refractivity contribution in [3.63, 3.8) is 0 Å². The zero-order valence-corrected chi connectivity index (χ0v) is 16.9. The van der Waals surface area contributed by atoms with E-state index in [2.05, 4.69) is 24.1 Å². The lowest BCUT2D eigenvalue weighted by molar-refractivity contribution is -0.897. The smallest absolute Gasteiger partial charge is 0.262 e. The Kier molecular flexibility index (Phi) is 7.66. The molecule has 2 N–H and O–H groups in total. The van der Waals surface area contributed by atoms with Gasteiger partial charge in [-0.2, -0.15) is 0 Å². The van der Waals surface area contributed by atoms with Gasteiger partial charge in [-0.15, -0.1) is 0 Å². The first-order valence-corrected chi connectivity index (χ1v) is 10.2. The molecule has 2 aromatic rings. The van der Waals surface area contributed by atoms with Crippen molar-refractivity contribution in [3.8, 4) is 0 Å². The molecule has 1 atom stereocenters. The highest BCUT2D eigenvalue weighted by atomic mass is 32.2. The molecule has 142 valence electrons. The van der Waals surface area contributed by atoms with Gasteiger partial charge in [-0.1, -0.05) is 23.9 Å². The summed E-state index contributed by atoms with van der Waals surface area (Å²) in [5, 5.41) is 3.75. The number of amides is 1. The minimum atomic E-state index is -0.310. The Balaban J connectivity index is 2.40. The Morgan fingerprint density at radius 3 is 2.62 bits per heavy atom. The second-order valence-electron chi connectivity index (χ2n) is 6.23. The molecule has 0 radical (unpaired) electrons. The van der Waals surface area contributed by atoms with Crippen LogP contribution in [0.25, 0.3) is 10.9 Å². The van der Waals surface area contributed by atoms with Gasteiger partial charge in [0.15, 0.2) is 5.16 Å². The third kappa shape index (κ3) is 4.86. The number of rotatable bonds is 9. The SMILES string of the molecule is CCNC(=O)[C@@H](C)Sc1nc2ccccc2c(=O)n1CC[NH+](CC)CC. The van der Waals surface area contributed by atoms with Gasteiger partial charge in [-0.3, -0.25) is 14.2 Å². The average Bonchev–Trinajstić information content (AvgIpc) is 2.64. The molecule has 1 amide bonds. The number of hydrogen-bond acceptors (Lipinski definition) is 4. The van der Waals surface area contributed by atoms with E-state index in [0.29, 0.717) is 29.1 Å². The predicted octanol–water partition coefficient (Wildman–Crippen LogP) is 0.938. The summed E-state index contributed by atoms with van der Waals surface area (Å²) in [4.78, 5) is 31.2. The van der Waals surface area contributed by atoms with Crippen LogP contribution in [0.1, 0.15) is 27.7 Å². The van der Waals surface area contributed by atoms with Crippen molar-refractivity contribution >= 4 is 28.6 Å². The van der Waals surface area contributed by atoms with Crippen LogP contribution in [0.2, 0.25) is 0 Å². The first-order chi connectivity index (χ1) is 12.5. The third-order valence-electron chi connectivity index (χ3n) is 4.52. The Labute approximate surface area is 159 Å². The molecule has 0 saturated carbocycles. The van der Waals surface area contributed by atoms with Gasteiger partial charge in [-0.25, -0.2) is 4.98 Å². The summed E-state index contributed by atoms with van der Waals surface area (Å²) < 4.78 is 1.73. The maximum atomic E-state index is 13.0. The first-order valence-electron chi connectivity index (χ1n) is 9.29. The number of nitrogens with zero attached hydrogens (tertiary/aromatic N) is 2. The molecule has 0 fully saturated rings. The van der Waals surface area contributed by atoms with E-state index in [1.165, 1.54) is 16.7 Å². The Hall–Kier alpha value is -1.86. The Bertz CT molecular complexity index is 802. The highest BCUT2D eigenvalue weighted by molar-refractivity contribution is 8.00. The number of benzene rings is 1. The minimum Gasteiger partial charge on any atom is -0.355 e. The summed E-state index contributed by atoms with van der Waals surface area (Å²) >= 11 is 1.34. The number of carbonyl (C=O) groups excluding carboxylic acids is 1. The molecule has 0 aliphatic rings. The van der Waals surface area contributed by atoms with Crippen molar-refractivity contribution in [3.05, 3.63) is 34.6 Å². The van der Waals surface area contributed by atoms with E-state index in [4.69, 9.17) is 0 Å². The first kappa shape index (κ1) is 20.5. The van der Waals surface area contributed by atoms with Crippen LogP contribution in [-0.2, 0) is 11.3 Å². The monoisotopic (exact) mass is 377 g/mol. The lowest BCUT2D eigenvalue weighted by Gasteiger charge is -2.19. The van der Waals surface area contributed by atoms with Crippen molar-refractivity contribution in [2.45, 2.75) is 44.6 Å². The van der Waals surface area contributed by atoms with Crippen LogP contribution in [0, 0.1) is 0 Å². The Morgan fingerprint density at radius 1 is 1.27 bits per heavy atom. The molecule has 0 saturated heterocycles. The van der Waals surface area contributed by atoms with Crippen LogP contribution in [0.5, 0.6) is 0 Å². The summed E-state index contributed by atoms with van der Waals surface area (Å²) in [5.41, 5.74) is 0.641. The summed E-state index contributed by atoms with van der Waals surface area (Å²) in [6, 6.07) is 7.39. The molecule has 1 aromatic carbocycles. The molecule has 0 aliphatic heterocycles. The molecular formula is C19H29N4O2S+. The van der Waals surface area contributed by atoms with Gasteiger partial charge in [0.05, 0.1) is 42.3 Å². The van der Waals surface area contributed by atoms with E-state index in [0.717, 1.165) is 19.6 Å². The van der Waals surface area contributed by atoms with E-state index in [1.54, 1.807) is 4.57 Å². The molecule has 6 nitrogen and oxygen atoms in total. The van der Waals surface area contributed by atoms with Gasteiger partial charge in [-0.05, 0) is 39.8 Å². The van der Waals surface area contributed by atoms with Crippen molar-refractivity contribution in [2.75, 3.05) is 26.2 Å². The van der Waals surface area contributed by atoms with Gasteiger partial charge < -0.3 is 10.2 Å². The zero-order chi connectivity index (χ0) is 19.1. The van der Waals surface area contributed by atoms with Crippen molar-refractivity contribution in [1.82, 2.24) is 14.9 Å². The molecule has 0 bridgehead atoms. The molecule has 2 rings (SSSR count). The van der Waals surface area contributed by atoms with Gasteiger partial charge in [0.2, 0.25) is 5.91 Å². The lowest BCUT2D eigenvalue weighted by atomic mass is 10.2. The summed E-state index contributed by atoms with van der Waals surface area (Å²) in [5.74, 6) is -0.0409. The van der Waals surface area contributed by atoms with Gasteiger partial charge in [0.25, 0.3) is 5.56 Å². The zero-order valence-electron chi connectivity index (χ0n) is 16.0. The quantitative estimate of drug-likeness (QED) is 0.504. The van der Waals surface area contributed by atoms with E-state index < -0.39 is 0 Å².